The lowest BCUT2D eigenvalue weighted by Gasteiger charge is -2.15. The first-order chi connectivity index (χ1) is 15.0. The number of carbonyl (C=O) groups is 1. The number of aromatic nitrogens is 5. The van der Waals surface area contributed by atoms with Gasteiger partial charge in [0, 0.05) is 42.2 Å². The van der Waals surface area contributed by atoms with E-state index in [1.807, 2.05) is 25.1 Å². The molecule has 0 bridgehead atoms. The minimum Gasteiger partial charge on any atom is -0.478 e. The number of para-hydroxylation sites is 1. The Balaban J connectivity index is 1.46. The number of carboxylic acid groups (broad SMARTS) is 1. The molecule has 0 fully saturated rings. The molecule has 3 heterocycles. The van der Waals surface area contributed by atoms with Crippen LogP contribution in [0.5, 0.6) is 0 Å². The highest BCUT2D eigenvalue weighted by Gasteiger charge is 2.15. The number of anilines is 1. The van der Waals surface area contributed by atoms with Gasteiger partial charge in [0.05, 0.1) is 16.8 Å². The van der Waals surface area contributed by atoms with Gasteiger partial charge in [-0.2, -0.15) is 0 Å². The minimum absolute atomic E-state index is 0.180. The molecule has 0 aliphatic rings. The van der Waals surface area contributed by atoms with E-state index in [0.717, 1.165) is 34.6 Å². The summed E-state index contributed by atoms with van der Waals surface area (Å²) >= 11 is 0. The van der Waals surface area contributed by atoms with Crippen LogP contribution in [0, 0.1) is 6.92 Å². The Kier molecular flexibility index (Phi) is 5.79. The summed E-state index contributed by atoms with van der Waals surface area (Å²) in [5.41, 5.74) is 3.62. The fourth-order valence-corrected chi connectivity index (χ4v) is 3.49. The highest BCUT2D eigenvalue weighted by Crippen LogP contribution is 2.28. The number of fused-ring (bicyclic) bond motifs is 1. The van der Waals surface area contributed by atoms with Gasteiger partial charge < -0.3 is 10.4 Å². The Morgan fingerprint density at radius 1 is 1.10 bits per heavy atom. The second-order valence-electron chi connectivity index (χ2n) is 7.33. The van der Waals surface area contributed by atoms with Gasteiger partial charge in [0.15, 0.2) is 0 Å². The van der Waals surface area contributed by atoms with Gasteiger partial charge in [0.1, 0.15) is 18.0 Å². The molecule has 0 aliphatic heterocycles. The van der Waals surface area contributed by atoms with Crippen molar-refractivity contribution in [2.45, 2.75) is 26.2 Å². The van der Waals surface area contributed by atoms with Crippen LogP contribution in [0.25, 0.3) is 22.2 Å². The Labute approximate surface area is 179 Å². The van der Waals surface area contributed by atoms with Gasteiger partial charge in [-0.25, -0.2) is 24.7 Å². The molecule has 8 heteroatoms. The van der Waals surface area contributed by atoms with Crippen LogP contribution < -0.4 is 5.32 Å². The van der Waals surface area contributed by atoms with E-state index in [4.69, 9.17) is 0 Å². The standard InChI is InChI=1S/C23H22N6O2/c1-14(17-4-3-5-18-19(23(30)31)7-9-25-22(17)18)6-8-24-21-10-20(28-13-29-21)16-11-26-15(2)27-12-16/h3-5,7,9-14H,6,8H2,1-2H3,(H,30,31)(H,24,28,29). The summed E-state index contributed by atoms with van der Waals surface area (Å²) in [5, 5.41) is 13.4. The Bertz CT molecular complexity index is 1230. The lowest BCUT2D eigenvalue weighted by Crippen LogP contribution is -2.08. The van der Waals surface area contributed by atoms with Crippen molar-refractivity contribution in [3.05, 3.63) is 72.2 Å². The number of carboxylic acids is 1. The molecule has 3 aromatic heterocycles. The minimum atomic E-state index is -0.947. The number of aryl methyl sites for hydroxylation is 1. The van der Waals surface area contributed by atoms with E-state index in [1.54, 1.807) is 24.7 Å². The van der Waals surface area contributed by atoms with Gasteiger partial charge in [-0.15, -0.1) is 0 Å². The van der Waals surface area contributed by atoms with E-state index < -0.39 is 5.97 Å². The van der Waals surface area contributed by atoms with Crippen LogP contribution in [0.3, 0.4) is 0 Å². The van der Waals surface area contributed by atoms with Crippen molar-refractivity contribution in [3.8, 4) is 11.3 Å². The number of rotatable bonds is 7. The van der Waals surface area contributed by atoms with E-state index >= 15 is 0 Å². The van der Waals surface area contributed by atoms with Gasteiger partial charge in [-0.05, 0) is 30.9 Å². The van der Waals surface area contributed by atoms with Crippen LogP contribution in [-0.2, 0) is 0 Å². The maximum atomic E-state index is 11.5. The van der Waals surface area contributed by atoms with Crippen LogP contribution in [0.15, 0.2) is 55.2 Å². The number of hydrogen-bond acceptors (Lipinski definition) is 7. The van der Waals surface area contributed by atoms with Gasteiger partial charge in [0.2, 0.25) is 0 Å². The lowest BCUT2D eigenvalue weighted by atomic mass is 9.94. The van der Waals surface area contributed by atoms with E-state index in [-0.39, 0.29) is 11.5 Å². The number of pyridine rings is 1. The van der Waals surface area contributed by atoms with E-state index in [9.17, 15) is 9.90 Å². The smallest absolute Gasteiger partial charge is 0.336 e. The summed E-state index contributed by atoms with van der Waals surface area (Å²) < 4.78 is 0. The van der Waals surface area contributed by atoms with Crippen LogP contribution in [0.4, 0.5) is 5.82 Å². The molecule has 156 valence electrons. The maximum absolute atomic E-state index is 11.5. The van der Waals surface area contributed by atoms with Crippen molar-refractivity contribution >= 4 is 22.7 Å². The zero-order valence-electron chi connectivity index (χ0n) is 17.3. The summed E-state index contributed by atoms with van der Waals surface area (Å²) in [6.07, 6.45) is 7.39. The zero-order valence-corrected chi connectivity index (χ0v) is 17.3. The predicted molar refractivity (Wildman–Crippen MR) is 118 cm³/mol. The van der Waals surface area contributed by atoms with Crippen molar-refractivity contribution in [3.63, 3.8) is 0 Å². The molecular weight excluding hydrogens is 392 g/mol. The molecule has 0 saturated heterocycles. The molecule has 4 aromatic rings. The van der Waals surface area contributed by atoms with Gasteiger partial charge in [-0.3, -0.25) is 4.98 Å². The number of hydrogen-bond donors (Lipinski definition) is 2. The number of nitrogens with zero attached hydrogens (tertiary/aromatic N) is 5. The van der Waals surface area contributed by atoms with Gasteiger partial charge in [0.25, 0.3) is 0 Å². The second kappa shape index (κ2) is 8.83. The van der Waals surface area contributed by atoms with Crippen molar-refractivity contribution in [2.24, 2.45) is 0 Å². The highest BCUT2D eigenvalue weighted by molar-refractivity contribution is 6.03. The molecule has 1 aromatic carbocycles. The van der Waals surface area contributed by atoms with Gasteiger partial charge >= 0.3 is 5.97 Å². The third-order valence-electron chi connectivity index (χ3n) is 5.19. The summed E-state index contributed by atoms with van der Waals surface area (Å²) in [6, 6.07) is 9.10. The molecule has 8 nitrogen and oxygen atoms in total. The highest BCUT2D eigenvalue weighted by atomic mass is 16.4. The largest absolute Gasteiger partial charge is 0.478 e. The van der Waals surface area contributed by atoms with Crippen LogP contribution in [0.2, 0.25) is 0 Å². The Morgan fingerprint density at radius 3 is 2.68 bits per heavy atom. The summed E-state index contributed by atoms with van der Waals surface area (Å²) in [5.74, 6) is 0.669. The first-order valence-corrected chi connectivity index (χ1v) is 9.99. The number of benzene rings is 1. The first kappa shape index (κ1) is 20.3. The van der Waals surface area contributed by atoms with E-state index in [1.165, 1.54) is 12.4 Å². The van der Waals surface area contributed by atoms with Crippen molar-refractivity contribution in [2.75, 3.05) is 11.9 Å². The predicted octanol–water partition coefficient (Wildman–Crippen LogP) is 4.09. The summed E-state index contributed by atoms with van der Waals surface area (Å²) in [4.78, 5) is 33.0. The van der Waals surface area contributed by atoms with Crippen LogP contribution in [0.1, 0.15) is 41.0 Å². The van der Waals surface area contributed by atoms with Crippen LogP contribution in [-0.4, -0.2) is 42.5 Å². The molecule has 0 aliphatic carbocycles. The van der Waals surface area contributed by atoms with Crippen LogP contribution >= 0.6 is 0 Å². The average molecular weight is 414 g/mol. The SMILES string of the molecule is Cc1ncc(-c2cc(NCCC(C)c3cccc4c(C(=O)O)ccnc34)ncn2)cn1. The fourth-order valence-electron chi connectivity index (χ4n) is 3.49. The third-order valence-corrected chi connectivity index (χ3v) is 5.19. The topological polar surface area (TPSA) is 114 Å². The average Bonchev–Trinajstić information content (AvgIpc) is 2.78. The molecule has 0 amide bonds. The molecule has 0 spiro atoms. The van der Waals surface area contributed by atoms with E-state index in [2.05, 4.69) is 37.2 Å². The van der Waals surface area contributed by atoms with E-state index in [0.29, 0.717) is 17.8 Å². The fraction of sp³-hybridized carbons (Fsp3) is 0.217. The Morgan fingerprint density at radius 2 is 1.90 bits per heavy atom. The molecular formula is C23H22N6O2. The molecule has 2 N–H and O–H groups in total. The summed E-state index contributed by atoms with van der Waals surface area (Å²) in [6.45, 7) is 4.64. The third kappa shape index (κ3) is 4.48. The second-order valence-corrected chi connectivity index (χ2v) is 7.33. The first-order valence-electron chi connectivity index (χ1n) is 9.99. The van der Waals surface area contributed by atoms with Crippen molar-refractivity contribution < 1.29 is 9.90 Å². The molecule has 4 rings (SSSR count). The molecule has 31 heavy (non-hydrogen) atoms. The Hall–Kier alpha value is -3.94. The zero-order chi connectivity index (χ0) is 21.8. The maximum Gasteiger partial charge on any atom is 0.336 e. The summed E-state index contributed by atoms with van der Waals surface area (Å²) in [7, 11) is 0. The van der Waals surface area contributed by atoms with Gasteiger partial charge in [-0.1, -0.05) is 25.1 Å². The molecule has 0 saturated carbocycles. The van der Waals surface area contributed by atoms with Crippen molar-refractivity contribution in [1.29, 1.82) is 0 Å². The normalized spacial score (nSPS) is 11.9. The monoisotopic (exact) mass is 414 g/mol. The molecule has 1 unspecified atom stereocenters. The lowest BCUT2D eigenvalue weighted by molar-refractivity contribution is 0.0699. The number of aromatic carboxylic acids is 1. The quantitative estimate of drug-likeness (QED) is 0.465. The van der Waals surface area contributed by atoms with Crippen molar-refractivity contribution in [1.82, 2.24) is 24.9 Å². The molecule has 0 radical (unpaired) electrons. The number of nitrogens with one attached hydrogen (secondary N) is 1. The molecule has 1 atom stereocenters.